The molecule has 0 atom stereocenters. The number of carbonyl (C=O) groups excluding carboxylic acids is 2. The molecule has 0 bridgehead atoms. The van der Waals surface area contributed by atoms with Gasteiger partial charge in [0, 0.05) is 10.8 Å². The van der Waals surface area contributed by atoms with Gasteiger partial charge in [-0.05, 0) is 11.4 Å². The molecule has 0 aliphatic heterocycles. The molecule has 7 nitrogen and oxygen atoms in total. The number of rotatable bonds is 6. The Kier molecular flexibility index (Phi) is 5.04. The second-order valence-corrected chi connectivity index (χ2v) is 5.83. The molecular weight excluding hydrogens is 290 g/mol. The highest BCUT2D eigenvalue weighted by atomic mass is 32.1. The third-order valence-electron chi connectivity index (χ3n) is 2.66. The number of carbonyl (C=O) groups is 2. The van der Waals surface area contributed by atoms with Gasteiger partial charge in [0.2, 0.25) is 11.8 Å². The van der Waals surface area contributed by atoms with E-state index in [0.717, 1.165) is 4.88 Å². The van der Waals surface area contributed by atoms with Crippen LogP contribution in [0.5, 0.6) is 0 Å². The molecule has 2 N–H and O–H groups in total. The van der Waals surface area contributed by atoms with E-state index in [9.17, 15) is 9.59 Å². The lowest BCUT2D eigenvalue weighted by atomic mass is 10.2. The molecule has 21 heavy (non-hydrogen) atoms. The quantitative estimate of drug-likeness (QED) is 0.840. The molecule has 0 radical (unpaired) electrons. The van der Waals surface area contributed by atoms with E-state index in [1.807, 2.05) is 17.5 Å². The number of amides is 2. The first kappa shape index (κ1) is 15.2. The van der Waals surface area contributed by atoms with Gasteiger partial charge >= 0.3 is 0 Å². The van der Waals surface area contributed by atoms with Crippen molar-refractivity contribution in [1.82, 2.24) is 20.3 Å². The third kappa shape index (κ3) is 4.67. The molecule has 0 saturated heterocycles. The molecule has 0 spiro atoms. The van der Waals surface area contributed by atoms with Crippen LogP contribution in [-0.2, 0) is 22.7 Å². The summed E-state index contributed by atoms with van der Waals surface area (Å²) in [7, 11) is 0. The maximum absolute atomic E-state index is 11.8. The summed E-state index contributed by atoms with van der Waals surface area (Å²) in [5.74, 6) is -0.0803. The summed E-state index contributed by atoms with van der Waals surface area (Å²) in [5.41, 5.74) is 0. The number of thiophene rings is 1. The Bertz CT molecular complexity index is 606. The van der Waals surface area contributed by atoms with Gasteiger partial charge in [-0.2, -0.15) is 0 Å². The molecule has 2 rings (SSSR count). The molecule has 0 fully saturated rings. The zero-order valence-electron chi connectivity index (χ0n) is 11.9. The number of aromatic nitrogens is 3. The molecule has 0 aromatic carbocycles. The van der Waals surface area contributed by atoms with Gasteiger partial charge < -0.3 is 10.6 Å². The summed E-state index contributed by atoms with van der Waals surface area (Å²) in [6.45, 7) is 4.15. The predicted octanol–water partition coefficient (Wildman–Crippen LogP) is 1.25. The van der Waals surface area contributed by atoms with Crippen LogP contribution in [0.4, 0.5) is 5.82 Å². The van der Waals surface area contributed by atoms with Crippen LogP contribution in [0, 0.1) is 5.92 Å². The predicted molar refractivity (Wildman–Crippen MR) is 79.7 cm³/mol. The molecule has 0 saturated carbocycles. The highest BCUT2D eigenvalue weighted by Crippen LogP contribution is 2.07. The minimum Gasteiger partial charge on any atom is -0.350 e. The highest BCUT2D eigenvalue weighted by Gasteiger charge is 2.11. The van der Waals surface area contributed by atoms with Gasteiger partial charge in [0.05, 0.1) is 12.7 Å². The summed E-state index contributed by atoms with van der Waals surface area (Å²) in [5, 5.41) is 15.0. The minimum absolute atomic E-state index is 0.0654. The monoisotopic (exact) mass is 307 g/mol. The number of nitrogens with one attached hydrogen (secondary N) is 2. The third-order valence-corrected chi connectivity index (χ3v) is 3.54. The Hall–Kier alpha value is -2.22. The second kappa shape index (κ2) is 6.98. The minimum atomic E-state index is -0.157. The molecule has 8 heteroatoms. The summed E-state index contributed by atoms with van der Waals surface area (Å²) in [6, 6.07) is 3.90. The molecule has 112 valence electrons. The van der Waals surface area contributed by atoms with E-state index < -0.39 is 0 Å². The lowest BCUT2D eigenvalue weighted by molar-refractivity contribution is -0.122. The Morgan fingerprint density at radius 1 is 1.43 bits per heavy atom. The summed E-state index contributed by atoms with van der Waals surface area (Å²) in [4.78, 5) is 24.4. The molecule has 2 heterocycles. The SMILES string of the molecule is CC(C)C(=O)Nc1cn(CC(=O)NCc2cccs2)nn1. The first-order chi connectivity index (χ1) is 10.0. The largest absolute Gasteiger partial charge is 0.350 e. The average molecular weight is 307 g/mol. The van der Waals surface area contributed by atoms with Crippen molar-refractivity contribution in [3.63, 3.8) is 0 Å². The lowest BCUT2D eigenvalue weighted by Crippen LogP contribution is -2.27. The fourth-order valence-corrected chi connectivity index (χ4v) is 2.15. The Balaban J connectivity index is 1.81. The molecule has 0 aliphatic carbocycles. The van der Waals surface area contributed by atoms with E-state index in [1.54, 1.807) is 25.2 Å². The van der Waals surface area contributed by atoms with Crippen molar-refractivity contribution in [3.05, 3.63) is 28.6 Å². The zero-order chi connectivity index (χ0) is 15.2. The van der Waals surface area contributed by atoms with E-state index in [-0.39, 0.29) is 24.3 Å². The molecule has 2 amide bonds. The summed E-state index contributed by atoms with van der Waals surface area (Å²) in [6.07, 6.45) is 1.53. The second-order valence-electron chi connectivity index (χ2n) is 4.80. The van der Waals surface area contributed by atoms with Crippen molar-refractivity contribution in [2.45, 2.75) is 26.9 Å². The van der Waals surface area contributed by atoms with Crippen LogP contribution in [0.3, 0.4) is 0 Å². The average Bonchev–Trinajstić information content (AvgIpc) is 3.08. The van der Waals surface area contributed by atoms with Crippen LogP contribution in [0.25, 0.3) is 0 Å². The Morgan fingerprint density at radius 2 is 2.24 bits per heavy atom. The smallest absolute Gasteiger partial charge is 0.242 e. The molecule has 0 aliphatic rings. The van der Waals surface area contributed by atoms with E-state index in [4.69, 9.17) is 0 Å². The van der Waals surface area contributed by atoms with E-state index >= 15 is 0 Å². The fourth-order valence-electron chi connectivity index (χ4n) is 1.51. The van der Waals surface area contributed by atoms with Crippen LogP contribution < -0.4 is 10.6 Å². The molecule has 2 aromatic rings. The number of nitrogens with zero attached hydrogens (tertiary/aromatic N) is 3. The summed E-state index contributed by atoms with van der Waals surface area (Å²) >= 11 is 1.59. The van der Waals surface area contributed by atoms with Crippen LogP contribution in [0.2, 0.25) is 0 Å². The molecule has 2 aromatic heterocycles. The maximum Gasteiger partial charge on any atom is 0.242 e. The van der Waals surface area contributed by atoms with E-state index in [0.29, 0.717) is 12.4 Å². The van der Waals surface area contributed by atoms with Crippen molar-refractivity contribution in [2.24, 2.45) is 5.92 Å². The maximum atomic E-state index is 11.8. The van der Waals surface area contributed by atoms with Gasteiger partial charge in [-0.25, -0.2) is 4.68 Å². The number of hydrogen-bond donors (Lipinski definition) is 2. The summed E-state index contributed by atoms with van der Waals surface area (Å²) < 4.78 is 1.39. The van der Waals surface area contributed by atoms with Crippen LogP contribution >= 0.6 is 11.3 Å². The lowest BCUT2D eigenvalue weighted by Gasteiger charge is -2.04. The van der Waals surface area contributed by atoms with Crippen LogP contribution in [-0.4, -0.2) is 26.8 Å². The van der Waals surface area contributed by atoms with Gasteiger partial charge in [0.1, 0.15) is 6.54 Å². The van der Waals surface area contributed by atoms with Crippen LogP contribution in [0.1, 0.15) is 18.7 Å². The van der Waals surface area contributed by atoms with Crippen molar-refractivity contribution >= 4 is 29.0 Å². The van der Waals surface area contributed by atoms with Crippen molar-refractivity contribution in [2.75, 3.05) is 5.32 Å². The standard InChI is InChI=1S/C13H17N5O2S/c1-9(2)13(20)15-11-7-18(17-16-11)8-12(19)14-6-10-4-3-5-21-10/h3-5,7,9H,6,8H2,1-2H3,(H,14,19)(H,15,20). The number of anilines is 1. The molecular formula is C13H17N5O2S. The van der Waals surface area contributed by atoms with E-state index in [1.165, 1.54) is 10.9 Å². The van der Waals surface area contributed by atoms with Gasteiger partial charge in [0.15, 0.2) is 5.82 Å². The van der Waals surface area contributed by atoms with Gasteiger partial charge in [-0.15, -0.1) is 16.4 Å². The Morgan fingerprint density at radius 3 is 2.90 bits per heavy atom. The Labute approximate surface area is 126 Å². The highest BCUT2D eigenvalue weighted by molar-refractivity contribution is 7.09. The van der Waals surface area contributed by atoms with Crippen molar-refractivity contribution in [1.29, 1.82) is 0 Å². The topological polar surface area (TPSA) is 88.9 Å². The van der Waals surface area contributed by atoms with Gasteiger partial charge in [-0.1, -0.05) is 25.1 Å². The van der Waals surface area contributed by atoms with Crippen molar-refractivity contribution in [3.8, 4) is 0 Å². The van der Waals surface area contributed by atoms with Gasteiger partial charge in [-0.3, -0.25) is 9.59 Å². The number of hydrogen-bond acceptors (Lipinski definition) is 5. The normalized spacial score (nSPS) is 10.6. The first-order valence-electron chi connectivity index (χ1n) is 6.54. The van der Waals surface area contributed by atoms with E-state index in [2.05, 4.69) is 20.9 Å². The van der Waals surface area contributed by atoms with Crippen molar-refractivity contribution < 1.29 is 9.59 Å². The van der Waals surface area contributed by atoms with Crippen LogP contribution in [0.15, 0.2) is 23.7 Å². The fraction of sp³-hybridized carbons (Fsp3) is 0.385. The van der Waals surface area contributed by atoms with Gasteiger partial charge in [0.25, 0.3) is 0 Å². The molecule has 0 unspecified atom stereocenters. The zero-order valence-corrected chi connectivity index (χ0v) is 12.7. The first-order valence-corrected chi connectivity index (χ1v) is 7.42.